The van der Waals surface area contributed by atoms with E-state index in [1.807, 2.05) is 24.3 Å². The summed E-state index contributed by atoms with van der Waals surface area (Å²) in [6.07, 6.45) is 0. The van der Waals surface area contributed by atoms with Crippen molar-refractivity contribution in [3.8, 4) is 5.75 Å². The molecule has 1 N–H and O–H groups in total. The van der Waals surface area contributed by atoms with Crippen LogP contribution in [0.5, 0.6) is 5.75 Å². The number of carboxylic acid groups (broad SMARTS) is 1. The topological polar surface area (TPSA) is 46.5 Å². The zero-order valence-electron chi connectivity index (χ0n) is 11.3. The monoisotopic (exact) mass is 278 g/mol. The molecule has 21 heavy (non-hydrogen) atoms. The molecule has 0 spiro atoms. The Morgan fingerprint density at radius 1 is 0.905 bits per heavy atom. The van der Waals surface area contributed by atoms with E-state index >= 15 is 0 Å². The molecule has 3 nitrogen and oxygen atoms in total. The van der Waals surface area contributed by atoms with Gasteiger partial charge >= 0.3 is 5.97 Å². The van der Waals surface area contributed by atoms with Crippen molar-refractivity contribution in [2.45, 2.75) is 6.61 Å². The summed E-state index contributed by atoms with van der Waals surface area (Å²) in [7, 11) is 0. The van der Waals surface area contributed by atoms with Crippen molar-refractivity contribution in [3.05, 3.63) is 77.9 Å². The molecule has 0 heterocycles. The highest BCUT2D eigenvalue weighted by Gasteiger charge is 2.04. The zero-order valence-corrected chi connectivity index (χ0v) is 11.3. The van der Waals surface area contributed by atoms with Gasteiger partial charge in [-0.3, -0.25) is 0 Å². The maximum absolute atomic E-state index is 10.8. The number of ether oxygens (including phenoxy) is 1. The molecule has 0 saturated heterocycles. The Balaban J connectivity index is 1.79. The highest BCUT2D eigenvalue weighted by Crippen LogP contribution is 2.21. The fraction of sp³-hybridized carbons (Fsp3) is 0.0556. The van der Waals surface area contributed by atoms with Gasteiger partial charge in [-0.2, -0.15) is 0 Å². The summed E-state index contributed by atoms with van der Waals surface area (Å²) in [6.45, 7) is 0.452. The van der Waals surface area contributed by atoms with Gasteiger partial charge in [0.15, 0.2) is 0 Å². The van der Waals surface area contributed by atoms with Crippen LogP contribution in [0.4, 0.5) is 0 Å². The van der Waals surface area contributed by atoms with Gasteiger partial charge in [0.1, 0.15) is 12.4 Å². The molecule has 3 aromatic rings. The molecule has 0 atom stereocenters. The standard InChI is InChI=1S/C18H14O3/c19-18(20)14-8-10-16(11-9-14)21-12-15-6-3-5-13-4-1-2-7-17(13)15/h1-11H,12H2,(H,19,20). The first kappa shape index (κ1) is 13.2. The van der Waals surface area contributed by atoms with Crippen molar-refractivity contribution >= 4 is 16.7 Å². The second kappa shape index (κ2) is 5.67. The highest BCUT2D eigenvalue weighted by molar-refractivity contribution is 5.87. The Hall–Kier alpha value is -2.81. The molecule has 0 unspecified atom stereocenters. The van der Waals surface area contributed by atoms with Crippen molar-refractivity contribution in [3.63, 3.8) is 0 Å². The molecular weight excluding hydrogens is 264 g/mol. The van der Waals surface area contributed by atoms with E-state index in [0.717, 1.165) is 5.56 Å². The largest absolute Gasteiger partial charge is 0.489 e. The number of hydrogen-bond donors (Lipinski definition) is 1. The maximum atomic E-state index is 10.8. The fourth-order valence-electron chi connectivity index (χ4n) is 2.27. The lowest BCUT2D eigenvalue weighted by molar-refractivity contribution is 0.0697. The number of rotatable bonds is 4. The molecule has 0 amide bonds. The van der Waals surface area contributed by atoms with Gasteiger partial charge in [0.2, 0.25) is 0 Å². The van der Waals surface area contributed by atoms with Crippen LogP contribution in [0, 0.1) is 0 Å². The Morgan fingerprint density at radius 2 is 1.62 bits per heavy atom. The first-order chi connectivity index (χ1) is 10.2. The lowest BCUT2D eigenvalue weighted by Crippen LogP contribution is -1.98. The van der Waals surface area contributed by atoms with Crippen LogP contribution in [0.15, 0.2) is 66.7 Å². The van der Waals surface area contributed by atoms with Gasteiger partial charge in [0.05, 0.1) is 5.56 Å². The van der Waals surface area contributed by atoms with Crippen molar-refractivity contribution in [1.82, 2.24) is 0 Å². The molecule has 0 aliphatic rings. The highest BCUT2D eigenvalue weighted by atomic mass is 16.5. The van der Waals surface area contributed by atoms with Crippen LogP contribution in [0.3, 0.4) is 0 Å². The molecule has 0 aliphatic carbocycles. The number of carboxylic acids is 1. The minimum atomic E-state index is -0.935. The first-order valence-corrected chi connectivity index (χ1v) is 6.67. The minimum absolute atomic E-state index is 0.257. The van der Waals surface area contributed by atoms with E-state index in [1.54, 1.807) is 24.3 Å². The fourth-order valence-corrected chi connectivity index (χ4v) is 2.27. The molecule has 0 aliphatic heterocycles. The quantitative estimate of drug-likeness (QED) is 0.781. The van der Waals surface area contributed by atoms with Crippen molar-refractivity contribution < 1.29 is 14.6 Å². The van der Waals surface area contributed by atoms with Gasteiger partial charge in [-0.15, -0.1) is 0 Å². The third-order valence-electron chi connectivity index (χ3n) is 3.38. The third kappa shape index (κ3) is 2.87. The molecule has 104 valence electrons. The predicted octanol–water partition coefficient (Wildman–Crippen LogP) is 4.12. The van der Waals surface area contributed by atoms with Gasteiger partial charge in [-0.05, 0) is 40.6 Å². The van der Waals surface area contributed by atoms with E-state index in [1.165, 1.54) is 10.8 Å². The summed E-state index contributed by atoms with van der Waals surface area (Å²) >= 11 is 0. The Morgan fingerprint density at radius 3 is 2.38 bits per heavy atom. The average molecular weight is 278 g/mol. The lowest BCUT2D eigenvalue weighted by Gasteiger charge is -2.09. The Kier molecular flexibility index (Phi) is 3.56. The van der Waals surface area contributed by atoms with Crippen LogP contribution in [0.2, 0.25) is 0 Å². The zero-order chi connectivity index (χ0) is 14.7. The summed E-state index contributed by atoms with van der Waals surface area (Å²) in [4.78, 5) is 10.8. The normalized spacial score (nSPS) is 10.5. The Labute approximate surface area is 122 Å². The Bertz CT molecular complexity index is 771. The van der Waals surface area contributed by atoms with E-state index in [-0.39, 0.29) is 5.56 Å². The van der Waals surface area contributed by atoms with Crippen LogP contribution >= 0.6 is 0 Å². The third-order valence-corrected chi connectivity index (χ3v) is 3.38. The summed E-state index contributed by atoms with van der Waals surface area (Å²) in [5, 5.41) is 11.2. The average Bonchev–Trinajstić information content (AvgIpc) is 2.53. The number of hydrogen-bond acceptors (Lipinski definition) is 2. The van der Waals surface area contributed by atoms with Crippen LogP contribution in [0.1, 0.15) is 15.9 Å². The van der Waals surface area contributed by atoms with Crippen molar-refractivity contribution in [2.75, 3.05) is 0 Å². The van der Waals surface area contributed by atoms with E-state index in [2.05, 4.69) is 18.2 Å². The molecule has 0 aromatic heterocycles. The van der Waals surface area contributed by atoms with E-state index < -0.39 is 5.97 Å². The van der Waals surface area contributed by atoms with Gasteiger partial charge in [-0.1, -0.05) is 42.5 Å². The number of benzene rings is 3. The number of carbonyl (C=O) groups is 1. The van der Waals surface area contributed by atoms with Crippen LogP contribution in [-0.2, 0) is 6.61 Å². The molecule has 3 aromatic carbocycles. The van der Waals surface area contributed by atoms with Gasteiger partial charge < -0.3 is 9.84 Å². The SMILES string of the molecule is O=C(O)c1ccc(OCc2cccc3ccccc23)cc1. The lowest BCUT2D eigenvalue weighted by atomic mass is 10.1. The first-order valence-electron chi connectivity index (χ1n) is 6.67. The van der Waals surface area contributed by atoms with Crippen molar-refractivity contribution in [1.29, 1.82) is 0 Å². The second-order valence-electron chi connectivity index (χ2n) is 4.76. The van der Waals surface area contributed by atoms with E-state index in [4.69, 9.17) is 9.84 Å². The maximum Gasteiger partial charge on any atom is 0.335 e. The van der Waals surface area contributed by atoms with Crippen LogP contribution in [-0.4, -0.2) is 11.1 Å². The predicted molar refractivity (Wildman–Crippen MR) is 81.7 cm³/mol. The van der Waals surface area contributed by atoms with E-state index in [9.17, 15) is 4.79 Å². The summed E-state index contributed by atoms with van der Waals surface area (Å²) in [5.74, 6) is -0.275. The number of aromatic carboxylic acids is 1. The molecule has 3 heteroatoms. The van der Waals surface area contributed by atoms with Gasteiger partial charge in [0.25, 0.3) is 0 Å². The van der Waals surface area contributed by atoms with Gasteiger partial charge in [0, 0.05) is 0 Å². The second-order valence-corrected chi connectivity index (χ2v) is 4.76. The van der Waals surface area contributed by atoms with Crippen molar-refractivity contribution in [2.24, 2.45) is 0 Å². The van der Waals surface area contributed by atoms with E-state index in [0.29, 0.717) is 12.4 Å². The smallest absolute Gasteiger partial charge is 0.335 e. The molecule has 0 radical (unpaired) electrons. The molecule has 0 bridgehead atoms. The minimum Gasteiger partial charge on any atom is -0.489 e. The summed E-state index contributed by atoms with van der Waals surface area (Å²) in [5.41, 5.74) is 1.36. The van der Waals surface area contributed by atoms with Gasteiger partial charge in [-0.25, -0.2) is 4.79 Å². The molecule has 0 saturated carbocycles. The number of fused-ring (bicyclic) bond motifs is 1. The summed E-state index contributed by atoms with van der Waals surface area (Å²) in [6, 6.07) is 20.7. The van der Waals surface area contributed by atoms with Crippen LogP contribution in [0.25, 0.3) is 10.8 Å². The molecule has 3 rings (SSSR count). The summed E-state index contributed by atoms with van der Waals surface area (Å²) < 4.78 is 5.74. The van der Waals surface area contributed by atoms with Crippen LogP contribution < -0.4 is 4.74 Å². The molecular formula is C18H14O3. The molecule has 0 fully saturated rings.